The van der Waals surface area contributed by atoms with E-state index in [1.165, 1.54) is 0 Å². The third-order valence-electron chi connectivity index (χ3n) is 6.31. The molecule has 0 atom stereocenters. The first kappa shape index (κ1) is 22.7. The number of nitrogens with one attached hydrogen (secondary N) is 1. The lowest BCUT2D eigenvalue weighted by Crippen LogP contribution is -2.39. The standard InChI is InChI=1S/C26H25Cl2N5O/c1-16-15-23(33-25(29-16)24(17(2)31-33)18-3-5-20(27)6-4-18)32-13-11-19(12-14-32)26(34)30-22-9-7-21(28)8-10-22/h3-10,15,19H,11-14H2,1-2H3,(H,30,34). The summed E-state index contributed by atoms with van der Waals surface area (Å²) in [4.78, 5) is 19.9. The van der Waals surface area contributed by atoms with Crippen molar-refractivity contribution in [3.8, 4) is 11.1 Å². The first-order valence-electron chi connectivity index (χ1n) is 11.3. The normalized spacial score (nSPS) is 14.5. The number of fused-ring (bicyclic) bond motifs is 1. The second-order valence-corrected chi connectivity index (χ2v) is 9.59. The monoisotopic (exact) mass is 493 g/mol. The number of hydrogen-bond donors (Lipinski definition) is 1. The predicted octanol–water partition coefficient (Wildman–Crippen LogP) is 6.18. The highest BCUT2D eigenvalue weighted by molar-refractivity contribution is 6.31. The van der Waals surface area contributed by atoms with Crippen molar-refractivity contribution in [2.45, 2.75) is 26.7 Å². The van der Waals surface area contributed by atoms with Gasteiger partial charge in [-0.3, -0.25) is 4.79 Å². The van der Waals surface area contributed by atoms with Crippen LogP contribution < -0.4 is 10.2 Å². The average molecular weight is 494 g/mol. The van der Waals surface area contributed by atoms with Crippen molar-refractivity contribution < 1.29 is 4.79 Å². The molecule has 8 heteroatoms. The van der Waals surface area contributed by atoms with Crippen molar-refractivity contribution in [2.24, 2.45) is 5.92 Å². The Bertz CT molecular complexity index is 1340. The summed E-state index contributed by atoms with van der Waals surface area (Å²) in [5.74, 6) is 1.02. The molecule has 0 radical (unpaired) electrons. The molecule has 0 unspecified atom stereocenters. The summed E-state index contributed by atoms with van der Waals surface area (Å²) >= 11 is 12.0. The lowest BCUT2D eigenvalue weighted by molar-refractivity contribution is -0.120. The van der Waals surface area contributed by atoms with Gasteiger partial charge >= 0.3 is 0 Å². The Labute approximate surface area is 208 Å². The van der Waals surface area contributed by atoms with Crippen LogP contribution in [0.15, 0.2) is 54.6 Å². The van der Waals surface area contributed by atoms with Crippen LogP contribution in [-0.2, 0) is 4.79 Å². The quantitative estimate of drug-likeness (QED) is 0.368. The van der Waals surface area contributed by atoms with Gasteiger partial charge in [0.05, 0.1) is 5.69 Å². The fraction of sp³-hybridized carbons (Fsp3) is 0.269. The van der Waals surface area contributed by atoms with E-state index in [9.17, 15) is 4.79 Å². The summed E-state index contributed by atoms with van der Waals surface area (Å²) in [6, 6.07) is 17.0. The average Bonchev–Trinajstić information content (AvgIpc) is 3.16. The van der Waals surface area contributed by atoms with Gasteiger partial charge in [-0.25, -0.2) is 4.98 Å². The van der Waals surface area contributed by atoms with Crippen LogP contribution >= 0.6 is 23.2 Å². The summed E-state index contributed by atoms with van der Waals surface area (Å²) in [5, 5.41) is 9.20. The predicted molar refractivity (Wildman–Crippen MR) is 138 cm³/mol. The maximum atomic E-state index is 12.8. The molecule has 1 fully saturated rings. The number of rotatable bonds is 4. The van der Waals surface area contributed by atoms with Crippen LogP contribution in [-0.4, -0.2) is 33.6 Å². The van der Waals surface area contributed by atoms with Crippen LogP contribution in [0.5, 0.6) is 0 Å². The van der Waals surface area contributed by atoms with E-state index >= 15 is 0 Å². The van der Waals surface area contributed by atoms with Crippen LogP contribution in [0.3, 0.4) is 0 Å². The number of carbonyl (C=O) groups is 1. The van der Waals surface area contributed by atoms with Crippen molar-refractivity contribution in [2.75, 3.05) is 23.3 Å². The molecule has 1 amide bonds. The second-order valence-electron chi connectivity index (χ2n) is 8.72. The number of nitrogens with zero attached hydrogens (tertiary/aromatic N) is 4. The molecule has 3 heterocycles. The fourth-order valence-corrected chi connectivity index (χ4v) is 4.81. The molecule has 1 aliphatic rings. The third kappa shape index (κ3) is 4.48. The van der Waals surface area contributed by atoms with E-state index in [-0.39, 0.29) is 11.8 Å². The zero-order chi connectivity index (χ0) is 23.8. The van der Waals surface area contributed by atoms with E-state index in [0.717, 1.165) is 65.6 Å². The van der Waals surface area contributed by atoms with E-state index in [1.807, 2.05) is 54.8 Å². The van der Waals surface area contributed by atoms with Gasteiger partial charge in [0.1, 0.15) is 5.82 Å². The van der Waals surface area contributed by atoms with Gasteiger partial charge in [-0.15, -0.1) is 0 Å². The van der Waals surface area contributed by atoms with Gasteiger partial charge in [-0.2, -0.15) is 9.61 Å². The molecule has 6 nitrogen and oxygen atoms in total. The minimum atomic E-state index is -0.0330. The second kappa shape index (κ2) is 9.28. The van der Waals surface area contributed by atoms with Crippen molar-refractivity contribution in [1.82, 2.24) is 14.6 Å². The van der Waals surface area contributed by atoms with Crippen molar-refractivity contribution in [3.63, 3.8) is 0 Å². The number of anilines is 2. The lowest BCUT2D eigenvalue weighted by atomic mass is 9.95. The van der Waals surface area contributed by atoms with Gasteiger partial charge in [0, 0.05) is 52.1 Å². The highest BCUT2D eigenvalue weighted by Crippen LogP contribution is 2.32. The van der Waals surface area contributed by atoms with Crippen molar-refractivity contribution in [3.05, 3.63) is 76.0 Å². The molecular formula is C26H25Cl2N5O. The van der Waals surface area contributed by atoms with Crippen LogP contribution in [0.4, 0.5) is 11.5 Å². The summed E-state index contributed by atoms with van der Waals surface area (Å²) in [5.41, 5.74) is 5.50. The molecule has 0 aliphatic carbocycles. The maximum Gasteiger partial charge on any atom is 0.227 e. The molecule has 0 spiro atoms. The molecule has 174 valence electrons. The van der Waals surface area contributed by atoms with Crippen LogP contribution in [0.25, 0.3) is 16.8 Å². The summed E-state index contributed by atoms with van der Waals surface area (Å²) in [6.07, 6.45) is 1.54. The SMILES string of the molecule is Cc1cc(N2CCC(C(=O)Nc3ccc(Cl)cc3)CC2)n2nc(C)c(-c3ccc(Cl)cc3)c2n1. The van der Waals surface area contributed by atoms with Gasteiger partial charge in [0.2, 0.25) is 5.91 Å². The van der Waals surface area contributed by atoms with Gasteiger partial charge in [0.25, 0.3) is 0 Å². The molecule has 34 heavy (non-hydrogen) atoms. The molecular weight excluding hydrogens is 469 g/mol. The third-order valence-corrected chi connectivity index (χ3v) is 6.81. The number of amides is 1. The van der Waals surface area contributed by atoms with Crippen LogP contribution in [0.1, 0.15) is 24.2 Å². The number of aromatic nitrogens is 3. The summed E-state index contributed by atoms with van der Waals surface area (Å²) in [6.45, 7) is 5.55. The number of aryl methyl sites for hydroxylation is 2. The maximum absolute atomic E-state index is 12.8. The minimum absolute atomic E-state index is 0.0330. The largest absolute Gasteiger partial charge is 0.356 e. The van der Waals surface area contributed by atoms with E-state index in [1.54, 1.807) is 12.1 Å². The topological polar surface area (TPSA) is 62.5 Å². The number of benzene rings is 2. The Morgan fingerprint density at radius 2 is 1.59 bits per heavy atom. The number of carbonyl (C=O) groups excluding carboxylic acids is 1. The molecule has 0 saturated carbocycles. The molecule has 4 aromatic rings. The molecule has 1 saturated heterocycles. The highest BCUT2D eigenvalue weighted by atomic mass is 35.5. The van der Waals surface area contributed by atoms with Crippen LogP contribution in [0.2, 0.25) is 10.0 Å². The van der Waals surface area contributed by atoms with Gasteiger partial charge in [-0.05, 0) is 68.7 Å². The first-order valence-corrected chi connectivity index (χ1v) is 12.1. The Morgan fingerprint density at radius 1 is 0.971 bits per heavy atom. The molecule has 2 aromatic carbocycles. The fourth-order valence-electron chi connectivity index (χ4n) is 4.55. The van der Waals surface area contributed by atoms with Crippen LogP contribution in [0, 0.1) is 19.8 Å². The van der Waals surface area contributed by atoms with Crippen molar-refractivity contribution >= 4 is 46.3 Å². The van der Waals surface area contributed by atoms with Gasteiger partial charge in [0.15, 0.2) is 5.65 Å². The van der Waals surface area contributed by atoms with E-state index < -0.39 is 0 Å². The Balaban J connectivity index is 1.37. The molecule has 2 aromatic heterocycles. The number of halogens is 2. The first-order chi connectivity index (χ1) is 16.4. The Kier molecular flexibility index (Phi) is 6.19. The minimum Gasteiger partial charge on any atom is -0.356 e. The van der Waals surface area contributed by atoms with Gasteiger partial charge in [-0.1, -0.05) is 35.3 Å². The smallest absolute Gasteiger partial charge is 0.227 e. The Hall–Kier alpha value is -3.09. The number of hydrogen-bond acceptors (Lipinski definition) is 4. The van der Waals surface area contributed by atoms with E-state index in [2.05, 4.69) is 16.3 Å². The zero-order valence-electron chi connectivity index (χ0n) is 19.1. The molecule has 1 N–H and O–H groups in total. The number of piperidine rings is 1. The Morgan fingerprint density at radius 3 is 2.24 bits per heavy atom. The highest BCUT2D eigenvalue weighted by Gasteiger charge is 2.27. The van der Waals surface area contributed by atoms with Gasteiger partial charge < -0.3 is 10.2 Å². The molecule has 5 rings (SSSR count). The van der Waals surface area contributed by atoms with Crippen molar-refractivity contribution in [1.29, 1.82) is 0 Å². The summed E-state index contributed by atoms with van der Waals surface area (Å²) in [7, 11) is 0. The summed E-state index contributed by atoms with van der Waals surface area (Å²) < 4.78 is 1.93. The zero-order valence-corrected chi connectivity index (χ0v) is 20.6. The molecule has 0 bridgehead atoms. The molecule has 1 aliphatic heterocycles. The lowest BCUT2D eigenvalue weighted by Gasteiger charge is -2.33. The van der Waals surface area contributed by atoms with E-state index in [0.29, 0.717) is 10.0 Å². The van der Waals surface area contributed by atoms with E-state index in [4.69, 9.17) is 33.3 Å².